The van der Waals surface area contributed by atoms with E-state index in [1.54, 1.807) is 13.8 Å². The highest BCUT2D eigenvalue weighted by atomic mass is 16.6. The Morgan fingerprint density at radius 3 is 2.53 bits per heavy atom. The van der Waals surface area contributed by atoms with E-state index >= 15 is 0 Å². The Morgan fingerprint density at radius 2 is 2.06 bits per heavy atom. The van der Waals surface area contributed by atoms with Crippen molar-refractivity contribution in [2.45, 2.75) is 59.5 Å². The van der Waals surface area contributed by atoms with Crippen molar-refractivity contribution < 1.29 is 9.53 Å². The third kappa shape index (κ3) is 8.56. The molecule has 0 heterocycles. The van der Waals surface area contributed by atoms with E-state index in [0.29, 0.717) is 12.3 Å². The van der Waals surface area contributed by atoms with Crippen LogP contribution in [0.5, 0.6) is 0 Å². The van der Waals surface area contributed by atoms with Crippen molar-refractivity contribution in [3.63, 3.8) is 0 Å². The summed E-state index contributed by atoms with van der Waals surface area (Å²) in [5.41, 5.74) is 0.518. The van der Waals surface area contributed by atoms with Gasteiger partial charge in [-0.2, -0.15) is 0 Å². The van der Waals surface area contributed by atoms with Crippen molar-refractivity contribution in [1.82, 2.24) is 0 Å². The topological polar surface area (TPSA) is 26.3 Å². The van der Waals surface area contributed by atoms with Gasteiger partial charge in [-0.3, -0.25) is 4.79 Å². The van der Waals surface area contributed by atoms with E-state index in [-0.39, 0.29) is 5.97 Å². The molecule has 0 aliphatic heterocycles. The van der Waals surface area contributed by atoms with Crippen LogP contribution in [0.1, 0.15) is 53.9 Å². The minimum absolute atomic E-state index is 0.211. The molecule has 2 nitrogen and oxygen atoms in total. The lowest BCUT2D eigenvalue weighted by atomic mass is 10.0. The molecule has 0 aromatic rings. The molecule has 17 heavy (non-hydrogen) atoms. The molecule has 0 aromatic carbocycles. The SMILES string of the molecule is C#CC(C)(C)OC(=O)CC(C)CCC=C(C)C. The Morgan fingerprint density at radius 1 is 1.47 bits per heavy atom. The molecule has 0 aliphatic rings. The molecule has 0 bridgehead atoms. The van der Waals surface area contributed by atoms with Crippen LogP contribution >= 0.6 is 0 Å². The molecule has 0 aromatic heterocycles. The zero-order valence-corrected chi connectivity index (χ0v) is 11.7. The molecule has 0 saturated carbocycles. The summed E-state index contributed by atoms with van der Waals surface area (Å²) in [7, 11) is 0. The summed E-state index contributed by atoms with van der Waals surface area (Å²) in [5.74, 6) is 2.57. The molecule has 0 amide bonds. The molecule has 1 unspecified atom stereocenters. The average molecular weight is 236 g/mol. The van der Waals surface area contributed by atoms with Crippen LogP contribution in [-0.2, 0) is 9.53 Å². The largest absolute Gasteiger partial charge is 0.446 e. The molecule has 0 radical (unpaired) electrons. The van der Waals surface area contributed by atoms with Gasteiger partial charge >= 0.3 is 5.97 Å². The van der Waals surface area contributed by atoms with Crippen molar-refractivity contribution in [3.05, 3.63) is 11.6 Å². The third-order valence-electron chi connectivity index (χ3n) is 2.44. The van der Waals surface area contributed by atoms with Gasteiger partial charge < -0.3 is 4.74 Å². The zero-order valence-electron chi connectivity index (χ0n) is 11.7. The number of hydrogen-bond acceptors (Lipinski definition) is 2. The van der Waals surface area contributed by atoms with Gasteiger partial charge in [-0.1, -0.05) is 24.5 Å². The Bertz CT molecular complexity index is 314. The number of esters is 1. The molecule has 96 valence electrons. The maximum absolute atomic E-state index is 11.6. The number of hydrogen-bond donors (Lipinski definition) is 0. The monoisotopic (exact) mass is 236 g/mol. The summed E-state index contributed by atoms with van der Waals surface area (Å²) in [6.07, 6.45) is 9.89. The molecule has 0 fully saturated rings. The van der Waals surface area contributed by atoms with E-state index in [4.69, 9.17) is 11.2 Å². The van der Waals surface area contributed by atoms with Crippen LogP contribution in [-0.4, -0.2) is 11.6 Å². The number of carbonyl (C=O) groups excluding carboxylic acids is 1. The summed E-state index contributed by atoms with van der Waals surface area (Å²) < 4.78 is 5.19. The Hall–Kier alpha value is -1.23. The maximum Gasteiger partial charge on any atom is 0.307 e. The maximum atomic E-state index is 11.6. The minimum atomic E-state index is -0.795. The number of allylic oxidation sites excluding steroid dienone is 2. The third-order valence-corrected chi connectivity index (χ3v) is 2.44. The summed E-state index contributed by atoms with van der Waals surface area (Å²) in [4.78, 5) is 11.6. The summed E-state index contributed by atoms with van der Waals surface area (Å²) in [5, 5.41) is 0. The van der Waals surface area contributed by atoms with Gasteiger partial charge in [-0.25, -0.2) is 0 Å². The summed E-state index contributed by atoms with van der Waals surface area (Å²) in [6.45, 7) is 9.66. The molecular weight excluding hydrogens is 212 g/mol. The fourth-order valence-electron chi connectivity index (χ4n) is 1.40. The zero-order chi connectivity index (χ0) is 13.5. The van der Waals surface area contributed by atoms with Gasteiger partial charge in [0.1, 0.15) is 0 Å². The average Bonchev–Trinajstić information content (AvgIpc) is 2.15. The molecule has 0 rings (SSSR count). The van der Waals surface area contributed by atoms with Gasteiger partial charge in [0.15, 0.2) is 5.60 Å². The van der Waals surface area contributed by atoms with E-state index < -0.39 is 5.60 Å². The lowest BCUT2D eigenvalue weighted by molar-refractivity contribution is -0.152. The number of carbonyl (C=O) groups is 1. The highest BCUT2D eigenvalue weighted by molar-refractivity contribution is 5.70. The first kappa shape index (κ1) is 15.8. The van der Waals surface area contributed by atoms with Crippen molar-refractivity contribution >= 4 is 5.97 Å². The second-order valence-electron chi connectivity index (χ2n) is 5.30. The summed E-state index contributed by atoms with van der Waals surface area (Å²) >= 11 is 0. The quantitative estimate of drug-likeness (QED) is 0.399. The highest BCUT2D eigenvalue weighted by Gasteiger charge is 2.20. The molecule has 0 aliphatic carbocycles. The van der Waals surface area contributed by atoms with Gasteiger partial charge in [0.2, 0.25) is 0 Å². The molecule has 0 saturated heterocycles. The van der Waals surface area contributed by atoms with Gasteiger partial charge in [0, 0.05) is 6.42 Å². The van der Waals surface area contributed by atoms with Crippen LogP contribution in [0.25, 0.3) is 0 Å². The molecular formula is C15H24O2. The second kappa shape index (κ2) is 7.17. The molecule has 0 spiro atoms. The first-order valence-electron chi connectivity index (χ1n) is 6.10. The van der Waals surface area contributed by atoms with Crippen LogP contribution in [0.4, 0.5) is 0 Å². The standard InChI is InChI=1S/C15H24O2/c1-7-15(5,6)17-14(16)11-13(4)10-8-9-12(2)3/h1,9,13H,8,10-11H2,2-6H3. The fourth-order valence-corrected chi connectivity index (χ4v) is 1.40. The molecule has 2 heteroatoms. The predicted molar refractivity (Wildman–Crippen MR) is 71.5 cm³/mol. The van der Waals surface area contributed by atoms with E-state index in [9.17, 15) is 4.79 Å². The number of ether oxygens (including phenoxy) is 1. The number of rotatable bonds is 6. The predicted octanol–water partition coefficient (Wildman–Crippen LogP) is 3.71. The van der Waals surface area contributed by atoms with Gasteiger partial charge in [-0.15, -0.1) is 6.42 Å². The Balaban J connectivity index is 3.97. The van der Waals surface area contributed by atoms with Crippen LogP contribution in [0.3, 0.4) is 0 Å². The normalized spacial score (nSPS) is 12.5. The van der Waals surface area contributed by atoms with Gasteiger partial charge in [0.05, 0.1) is 0 Å². The second-order valence-corrected chi connectivity index (χ2v) is 5.30. The Labute approximate surface area is 105 Å². The van der Waals surface area contributed by atoms with Crippen molar-refractivity contribution in [3.8, 4) is 12.3 Å². The summed E-state index contributed by atoms with van der Waals surface area (Å²) in [6, 6.07) is 0. The molecule has 1 atom stereocenters. The minimum Gasteiger partial charge on any atom is -0.446 e. The fraction of sp³-hybridized carbons (Fsp3) is 0.667. The van der Waals surface area contributed by atoms with Crippen LogP contribution < -0.4 is 0 Å². The van der Waals surface area contributed by atoms with E-state index in [1.807, 2.05) is 0 Å². The van der Waals surface area contributed by atoms with E-state index in [0.717, 1.165) is 12.8 Å². The highest BCUT2D eigenvalue weighted by Crippen LogP contribution is 2.15. The molecule has 0 N–H and O–H groups in total. The lowest BCUT2D eigenvalue weighted by Gasteiger charge is -2.19. The first-order valence-corrected chi connectivity index (χ1v) is 6.10. The van der Waals surface area contributed by atoms with Gasteiger partial charge in [-0.05, 0) is 46.5 Å². The Kier molecular flexibility index (Phi) is 6.65. The van der Waals surface area contributed by atoms with E-state index in [1.165, 1.54) is 5.57 Å². The lowest BCUT2D eigenvalue weighted by Crippen LogP contribution is -2.26. The van der Waals surface area contributed by atoms with Crippen molar-refractivity contribution in [1.29, 1.82) is 0 Å². The smallest absolute Gasteiger partial charge is 0.307 e. The van der Waals surface area contributed by atoms with Crippen LogP contribution in [0.2, 0.25) is 0 Å². The van der Waals surface area contributed by atoms with Crippen LogP contribution in [0, 0.1) is 18.3 Å². The van der Waals surface area contributed by atoms with Crippen molar-refractivity contribution in [2.24, 2.45) is 5.92 Å². The van der Waals surface area contributed by atoms with Gasteiger partial charge in [0.25, 0.3) is 0 Å². The van der Waals surface area contributed by atoms with Crippen LogP contribution in [0.15, 0.2) is 11.6 Å². The number of terminal acetylenes is 1. The van der Waals surface area contributed by atoms with Crippen molar-refractivity contribution in [2.75, 3.05) is 0 Å². The van der Waals surface area contributed by atoms with E-state index in [2.05, 4.69) is 32.8 Å². The first-order chi connectivity index (χ1) is 7.76.